The summed E-state index contributed by atoms with van der Waals surface area (Å²) in [5, 5.41) is 12.2. The molecule has 1 aliphatic rings. The number of anilines is 2. The number of halogens is 3. The first-order valence-corrected chi connectivity index (χ1v) is 8.57. The Morgan fingerprint density at radius 3 is 2.57 bits per heavy atom. The number of alkyl halides is 3. The van der Waals surface area contributed by atoms with Crippen LogP contribution in [-0.4, -0.2) is 60.4 Å². The maximum atomic E-state index is 13.0. The summed E-state index contributed by atoms with van der Waals surface area (Å²) >= 11 is 0. The van der Waals surface area contributed by atoms with Gasteiger partial charge in [0, 0.05) is 44.8 Å². The minimum Gasteiger partial charge on any atom is -0.352 e. The molecule has 12 heteroatoms. The summed E-state index contributed by atoms with van der Waals surface area (Å²) in [6.07, 6.45) is 0.980. The molecule has 5 heterocycles. The predicted octanol–water partition coefficient (Wildman–Crippen LogP) is 1.51. The van der Waals surface area contributed by atoms with E-state index in [-0.39, 0.29) is 5.65 Å². The monoisotopic (exact) mass is 389 g/mol. The third kappa shape index (κ3) is 2.77. The van der Waals surface area contributed by atoms with Crippen molar-refractivity contribution >= 4 is 22.9 Å². The minimum atomic E-state index is -4.49. The van der Waals surface area contributed by atoms with Crippen molar-refractivity contribution in [3.8, 4) is 0 Å². The highest BCUT2D eigenvalue weighted by Crippen LogP contribution is 2.30. The summed E-state index contributed by atoms with van der Waals surface area (Å²) in [6, 6.07) is 3.72. The molecule has 4 aromatic heterocycles. The normalized spacial score (nSPS) is 15.7. The molecular formula is C16H14F3N9. The number of aromatic nitrogens is 7. The van der Waals surface area contributed by atoms with Crippen molar-refractivity contribution < 1.29 is 13.2 Å². The number of imidazole rings is 1. The number of piperazine rings is 1. The van der Waals surface area contributed by atoms with E-state index in [4.69, 9.17) is 0 Å². The molecule has 0 saturated carbocycles. The number of rotatable bonds is 2. The Hall–Kier alpha value is -3.44. The van der Waals surface area contributed by atoms with Crippen LogP contribution in [0.1, 0.15) is 5.69 Å². The zero-order chi connectivity index (χ0) is 19.3. The first-order chi connectivity index (χ1) is 13.5. The standard InChI is InChI=1S/C16H14F3N9/c17-16(18,19)11-9-27-4-3-20-14(15(27)22-11)26-7-5-25(6-8-26)13-2-1-12-23-21-10-28(12)24-13/h1-4,9-10H,5-8H2. The van der Waals surface area contributed by atoms with Crippen LogP contribution in [0.4, 0.5) is 24.8 Å². The highest BCUT2D eigenvalue weighted by Gasteiger charge is 2.34. The average molecular weight is 389 g/mol. The van der Waals surface area contributed by atoms with Crippen molar-refractivity contribution in [3.63, 3.8) is 0 Å². The van der Waals surface area contributed by atoms with E-state index in [2.05, 4.69) is 30.2 Å². The lowest BCUT2D eigenvalue weighted by Gasteiger charge is -2.35. The van der Waals surface area contributed by atoms with Crippen molar-refractivity contribution in [1.82, 2.24) is 34.2 Å². The molecule has 0 atom stereocenters. The fourth-order valence-corrected chi connectivity index (χ4v) is 3.30. The van der Waals surface area contributed by atoms with Gasteiger partial charge in [0.05, 0.1) is 0 Å². The van der Waals surface area contributed by atoms with Gasteiger partial charge >= 0.3 is 6.18 Å². The van der Waals surface area contributed by atoms with Gasteiger partial charge in [0.1, 0.15) is 12.1 Å². The van der Waals surface area contributed by atoms with Crippen molar-refractivity contribution in [2.75, 3.05) is 36.0 Å². The first-order valence-electron chi connectivity index (χ1n) is 8.57. The maximum Gasteiger partial charge on any atom is 0.434 e. The van der Waals surface area contributed by atoms with E-state index in [1.165, 1.54) is 23.1 Å². The minimum absolute atomic E-state index is 0.201. The van der Waals surface area contributed by atoms with E-state index in [0.29, 0.717) is 37.6 Å². The van der Waals surface area contributed by atoms with Crippen LogP contribution in [0.2, 0.25) is 0 Å². The van der Waals surface area contributed by atoms with Gasteiger partial charge in [0.25, 0.3) is 0 Å². The molecule has 0 unspecified atom stereocenters. The Morgan fingerprint density at radius 1 is 1.00 bits per heavy atom. The molecule has 1 fully saturated rings. The van der Waals surface area contributed by atoms with E-state index in [9.17, 15) is 13.2 Å². The fraction of sp³-hybridized carbons (Fsp3) is 0.312. The molecule has 0 spiro atoms. The Balaban J connectivity index is 1.38. The van der Waals surface area contributed by atoms with Crippen molar-refractivity contribution in [1.29, 1.82) is 0 Å². The van der Waals surface area contributed by atoms with Gasteiger partial charge in [-0.25, -0.2) is 9.97 Å². The average Bonchev–Trinajstić information content (AvgIpc) is 3.33. The zero-order valence-electron chi connectivity index (χ0n) is 14.5. The molecule has 0 aliphatic carbocycles. The van der Waals surface area contributed by atoms with Crippen LogP contribution in [-0.2, 0) is 6.18 Å². The lowest BCUT2D eigenvalue weighted by molar-refractivity contribution is -0.140. The summed E-state index contributed by atoms with van der Waals surface area (Å²) in [4.78, 5) is 12.1. The number of fused-ring (bicyclic) bond motifs is 2. The highest BCUT2D eigenvalue weighted by atomic mass is 19.4. The molecule has 0 aromatic carbocycles. The molecule has 1 saturated heterocycles. The highest BCUT2D eigenvalue weighted by molar-refractivity contribution is 5.65. The fourth-order valence-electron chi connectivity index (χ4n) is 3.30. The molecule has 144 valence electrons. The Bertz CT molecular complexity index is 1140. The third-order valence-electron chi connectivity index (χ3n) is 4.70. The van der Waals surface area contributed by atoms with Crippen molar-refractivity contribution in [2.24, 2.45) is 0 Å². The molecular weight excluding hydrogens is 375 g/mol. The molecule has 28 heavy (non-hydrogen) atoms. The van der Waals surface area contributed by atoms with Gasteiger partial charge in [-0.2, -0.15) is 17.7 Å². The topological polar surface area (TPSA) is 79.8 Å². The maximum absolute atomic E-state index is 13.0. The Kier molecular flexibility index (Phi) is 3.60. The van der Waals surface area contributed by atoms with Gasteiger partial charge in [-0.15, -0.1) is 15.3 Å². The van der Waals surface area contributed by atoms with Gasteiger partial charge in [0.15, 0.2) is 22.8 Å². The van der Waals surface area contributed by atoms with Crippen LogP contribution >= 0.6 is 0 Å². The summed E-state index contributed by atoms with van der Waals surface area (Å²) < 4.78 is 41.9. The number of hydrogen-bond acceptors (Lipinski definition) is 7. The van der Waals surface area contributed by atoms with Crippen LogP contribution in [0.15, 0.2) is 37.1 Å². The summed E-state index contributed by atoms with van der Waals surface area (Å²) in [5.41, 5.74) is -0.0582. The molecule has 4 aromatic rings. The number of nitrogens with zero attached hydrogens (tertiary/aromatic N) is 9. The lowest BCUT2D eigenvalue weighted by atomic mass is 10.3. The van der Waals surface area contributed by atoms with Gasteiger partial charge in [0.2, 0.25) is 0 Å². The van der Waals surface area contributed by atoms with Gasteiger partial charge in [-0.1, -0.05) is 0 Å². The SMILES string of the molecule is FC(F)(F)c1cn2ccnc(N3CCN(c4ccc5nncn5n4)CC3)c2n1. The molecule has 1 aliphatic heterocycles. The molecule has 0 amide bonds. The van der Waals surface area contributed by atoms with Gasteiger partial charge in [-0.05, 0) is 12.1 Å². The van der Waals surface area contributed by atoms with Crippen LogP contribution < -0.4 is 9.80 Å². The van der Waals surface area contributed by atoms with Crippen LogP contribution in [0.25, 0.3) is 11.3 Å². The van der Waals surface area contributed by atoms with E-state index in [0.717, 1.165) is 12.0 Å². The second kappa shape index (κ2) is 6.04. The second-order valence-electron chi connectivity index (χ2n) is 6.40. The molecule has 0 N–H and O–H groups in total. The largest absolute Gasteiger partial charge is 0.434 e. The van der Waals surface area contributed by atoms with E-state index in [1.54, 1.807) is 4.52 Å². The van der Waals surface area contributed by atoms with E-state index >= 15 is 0 Å². The van der Waals surface area contributed by atoms with E-state index < -0.39 is 11.9 Å². The van der Waals surface area contributed by atoms with Crippen LogP contribution in [0, 0.1) is 0 Å². The quantitative estimate of drug-likeness (QED) is 0.514. The van der Waals surface area contributed by atoms with Gasteiger partial charge < -0.3 is 14.2 Å². The third-order valence-corrected chi connectivity index (χ3v) is 4.70. The Labute approximate surface area is 156 Å². The molecule has 5 rings (SSSR count). The smallest absolute Gasteiger partial charge is 0.352 e. The van der Waals surface area contributed by atoms with Crippen LogP contribution in [0.3, 0.4) is 0 Å². The molecule has 9 nitrogen and oxygen atoms in total. The van der Waals surface area contributed by atoms with E-state index in [1.807, 2.05) is 17.0 Å². The zero-order valence-corrected chi connectivity index (χ0v) is 14.5. The molecule has 0 radical (unpaired) electrons. The first kappa shape index (κ1) is 16.7. The van der Waals surface area contributed by atoms with Crippen LogP contribution in [0.5, 0.6) is 0 Å². The molecule has 0 bridgehead atoms. The van der Waals surface area contributed by atoms with Crippen molar-refractivity contribution in [2.45, 2.75) is 6.18 Å². The Morgan fingerprint density at radius 2 is 1.79 bits per heavy atom. The summed E-state index contributed by atoms with van der Waals surface area (Å²) in [7, 11) is 0. The number of hydrogen-bond donors (Lipinski definition) is 0. The van der Waals surface area contributed by atoms with Crippen molar-refractivity contribution in [3.05, 3.63) is 42.7 Å². The summed E-state index contributed by atoms with van der Waals surface area (Å²) in [5.74, 6) is 1.23. The lowest BCUT2D eigenvalue weighted by Crippen LogP contribution is -2.47. The predicted molar refractivity (Wildman–Crippen MR) is 93.2 cm³/mol. The summed E-state index contributed by atoms with van der Waals surface area (Å²) in [6.45, 7) is 2.47. The van der Waals surface area contributed by atoms with Gasteiger partial charge in [-0.3, -0.25) is 0 Å². The second-order valence-corrected chi connectivity index (χ2v) is 6.40.